The molecule has 0 unspecified atom stereocenters. The van der Waals surface area contributed by atoms with Gasteiger partial charge >= 0.3 is 0 Å². The standard InChI is InChI=1S/C17H18N4O2/c1-3-11-7-14(23-20-11)12-8-16(22)18-9-13-17(12)21-5-4-10(2)6-15(21)19-13/h4-7,12H,3,8-9H2,1-2H3,(H,18,22)/t12-/m0/s1. The van der Waals surface area contributed by atoms with Crippen molar-refractivity contribution in [3.63, 3.8) is 0 Å². The molecule has 0 spiro atoms. The van der Waals surface area contributed by atoms with Crippen molar-refractivity contribution in [1.82, 2.24) is 19.9 Å². The first-order valence-corrected chi connectivity index (χ1v) is 7.85. The average molecular weight is 310 g/mol. The molecule has 4 heterocycles. The number of hydrogen-bond donors (Lipinski definition) is 1. The van der Waals surface area contributed by atoms with Crippen LogP contribution < -0.4 is 5.32 Å². The molecule has 0 bridgehead atoms. The molecule has 0 aliphatic carbocycles. The second-order valence-electron chi connectivity index (χ2n) is 5.98. The first-order chi connectivity index (χ1) is 11.2. The van der Waals surface area contributed by atoms with Gasteiger partial charge < -0.3 is 14.2 Å². The molecule has 6 nitrogen and oxygen atoms in total. The molecule has 1 aliphatic heterocycles. The van der Waals surface area contributed by atoms with Crippen molar-refractivity contribution in [1.29, 1.82) is 0 Å². The summed E-state index contributed by atoms with van der Waals surface area (Å²) in [6, 6.07) is 6.04. The summed E-state index contributed by atoms with van der Waals surface area (Å²) in [5.41, 5.74) is 4.85. The van der Waals surface area contributed by atoms with Crippen LogP contribution in [0.1, 0.15) is 47.7 Å². The Morgan fingerprint density at radius 2 is 2.30 bits per heavy atom. The van der Waals surface area contributed by atoms with Gasteiger partial charge in [-0.25, -0.2) is 4.98 Å². The van der Waals surface area contributed by atoms with Crippen LogP contribution >= 0.6 is 0 Å². The minimum absolute atomic E-state index is 0.00306. The van der Waals surface area contributed by atoms with Gasteiger partial charge in [-0.05, 0) is 31.0 Å². The third kappa shape index (κ3) is 2.30. The summed E-state index contributed by atoms with van der Waals surface area (Å²) in [4.78, 5) is 16.8. The van der Waals surface area contributed by atoms with Gasteiger partial charge in [-0.1, -0.05) is 12.1 Å². The minimum atomic E-state index is -0.169. The fourth-order valence-corrected chi connectivity index (χ4v) is 3.14. The number of rotatable bonds is 2. The van der Waals surface area contributed by atoms with Crippen LogP contribution in [0.25, 0.3) is 5.65 Å². The maximum absolute atomic E-state index is 12.1. The first-order valence-electron chi connectivity index (χ1n) is 7.85. The van der Waals surface area contributed by atoms with Gasteiger partial charge in [0.2, 0.25) is 5.91 Å². The van der Waals surface area contributed by atoms with Gasteiger partial charge in [0.15, 0.2) is 0 Å². The molecule has 0 saturated carbocycles. The molecule has 1 N–H and O–H groups in total. The van der Waals surface area contributed by atoms with Gasteiger partial charge in [-0.15, -0.1) is 0 Å². The first kappa shape index (κ1) is 14.0. The van der Waals surface area contributed by atoms with Crippen LogP contribution in [0.5, 0.6) is 0 Å². The van der Waals surface area contributed by atoms with Crippen molar-refractivity contribution < 1.29 is 9.32 Å². The summed E-state index contributed by atoms with van der Waals surface area (Å²) in [5.74, 6) is 0.559. The molecule has 0 aromatic carbocycles. The average Bonchev–Trinajstić information content (AvgIpc) is 3.11. The second kappa shape index (κ2) is 5.22. The molecular weight excluding hydrogens is 292 g/mol. The molecule has 0 saturated heterocycles. The predicted molar refractivity (Wildman–Crippen MR) is 84.1 cm³/mol. The Hall–Kier alpha value is -2.63. The molecular formula is C17H18N4O2. The van der Waals surface area contributed by atoms with Gasteiger partial charge in [0, 0.05) is 18.7 Å². The van der Waals surface area contributed by atoms with Crippen LogP contribution in [0.4, 0.5) is 0 Å². The summed E-state index contributed by atoms with van der Waals surface area (Å²) in [6.45, 7) is 4.52. The summed E-state index contributed by atoms with van der Waals surface area (Å²) < 4.78 is 7.58. The lowest BCUT2D eigenvalue weighted by Gasteiger charge is -2.11. The lowest BCUT2D eigenvalue weighted by molar-refractivity contribution is -0.121. The lowest BCUT2D eigenvalue weighted by Crippen LogP contribution is -2.21. The number of nitrogens with one attached hydrogen (secondary N) is 1. The number of carbonyl (C=O) groups excluding carboxylic acids is 1. The Morgan fingerprint density at radius 3 is 3.09 bits per heavy atom. The van der Waals surface area contributed by atoms with Crippen LogP contribution in [0.15, 0.2) is 28.9 Å². The number of aromatic nitrogens is 3. The number of carbonyl (C=O) groups is 1. The summed E-state index contributed by atoms with van der Waals surface area (Å²) in [6.07, 6.45) is 3.16. The van der Waals surface area contributed by atoms with E-state index in [1.807, 2.05) is 38.2 Å². The van der Waals surface area contributed by atoms with E-state index in [4.69, 9.17) is 9.51 Å². The summed E-state index contributed by atoms with van der Waals surface area (Å²) in [7, 11) is 0. The zero-order valence-electron chi connectivity index (χ0n) is 13.2. The van der Waals surface area contributed by atoms with E-state index in [-0.39, 0.29) is 11.8 Å². The zero-order chi connectivity index (χ0) is 16.0. The predicted octanol–water partition coefficient (Wildman–Crippen LogP) is 2.34. The summed E-state index contributed by atoms with van der Waals surface area (Å²) >= 11 is 0. The van der Waals surface area contributed by atoms with Crippen LogP contribution in [-0.2, 0) is 17.8 Å². The van der Waals surface area contributed by atoms with E-state index in [1.54, 1.807) is 0 Å². The number of hydrogen-bond acceptors (Lipinski definition) is 4. The second-order valence-corrected chi connectivity index (χ2v) is 5.98. The molecule has 0 fully saturated rings. The number of amides is 1. The van der Waals surface area contributed by atoms with Crippen molar-refractivity contribution in [2.24, 2.45) is 0 Å². The van der Waals surface area contributed by atoms with Crippen molar-refractivity contribution in [3.05, 3.63) is 52.8 Å². The van der Waals surface area contributed by atoms with Crippen LogP contribution in [0.3, 0.4) is 0 Å². The highest BCUT2D eigenvalue weighted by molar-refractivity contribution is 5.78. The van der Waals surface area contributed by atoms with Crippen LogP contribution in [-0.4, -0.2) is 20.4 Å². The molecule has 6 heteroatoms. The van der Waals surface area contributed by atoms with E-state index in [1.165, 1.54) is 0 Å². The number of fused-ring (bicyclic) bond motifs is 3. The largest absolute Gasteiger partial charge is 0.360 e. The van der Waals surface area contributed by atoms with E-state index in [0.717, 1.165) is 40.5 Å². The number of aryl methyl sites for hydroxylation is 2. The van der Waals surface area contributed by atoms with Crippen molar-refractivity contribution >= 4 is 11.6 Å². The fourth-order valence-electron chi connectivity index (χ4n) is 3.14. The summed E-state index contributed by atoms with van der Waals surface area (Å²) in [5, 5.41) is 7.00. The van der Waals surface area contributed by atoms with Crippen molar-refractivity contribution in [2.45, 2.75) is 39.2 Å². The lowest BCUT2D eigenvalue weighted by atomic mass is 9.97. The molecule has 1 aliphatic rings. The maximum atomic E-state index is 12.1. The normalized spacial score (nSPS) is 17.8. The topological polar surface area (TPSA) is 72.4 Å². The van der Waals surface area contributed by atoms with Gasteiger partial charge in [0.25, 0.3) is 0 Å². The van der Waals surface area contributed by atoms with Crippen LogP contribution in [0.2, 0.25) is 0 Å². The van der Waals surface area contributed by atoms with Crippen LogP contribution in [0, 0.1) is 6.92 Å². The Morgan fingerprint density at radius 1 is 1.43 bits per heavy atom. The van der Waals surface area contributed by atoms with Gasteiger partial charge in [0.05, 0.1) is 29.5 Å². The van der Waals surface area contributed by atoms with Gasteiger partial charge in [-0.3, -0.25) is 4.79 Å². The molecule has 118 valence electrons. The Balaban J connectivity index is 1.91. The minimum Gasteiger partial charge on any atom is -0.360 e. The number of nitrogens with zero attached hydrogens (tertiary/aromatic N) is 3. The van der Waals surface area contributed by atoms with Gasteiger partial charge in [0.1, 0.15) is 11.4 Å². The molecule has 0 radical (unpaired) electrons. The molecule has 4 rings (SSSR count). The third-order valence-corrected chi connectivity index (χ3v) is 4.35. The van der Waals surface area contributed by atoms with Gasteiger partial charge in [-0.2, -0.15) is 0 Å². The quantitative estimate of drug-likeness (QED) is 0.788. The third-order valence-electron chi connectivity index (χ3n) is 4.35. The fraction of sp³-hybridized carbons (Fsp3) is 0.353. The SMILES string of the molecule is CCc1cc([C@@H]2CC(=O)NCc3nc4cc(C)ccn4c32)on1. The maximum Gasteiger partial charge on any atom is 0.221 e. The Bertz CT molecular complexity index is 893. The highest BCUT2D eigenvalue weighted by Crippen LogP contribution is 2.33. The smallest absolute Gasteiger partial charge is 0.221 e. The molecule has 3 aromatic heterocycles. The van der Waals surface area contributed by atoms with Crippen molar-refractivity contribution in [3.8, 4) is 0 Å². The number of pyridine rings is 1. The van der Waals surface area contributed by atoms with E-state index in [9.17, 15) is 4.79 Å². The highest BCUT2D eigenvalue weighted by atomic mass is 16.5. The monoisotopic (exact) mass is 310 g/mol. The molecule has 3 aromatic rings. The van der Waals surface area contributed by atoms with E-state index < -0.39 is 0 Å². The molecule has 1 amide bonds. The molecule has 1 atom stereocenters. The van der Waals surface area contributed by atoms with E-state index >= 15 is 0 Å². The highest BCUT2D eigenvalue weighted by Gasteiger charge is 2.31. The number of imidazole rings is 1. The Labute approximate surface area is 133 Å². The zero-order valence-corrected chi connectivity index (χ0v) is 13.2. The van der Waals surface area contributed by atoms with E-state index in [0.29, 0.717) is 13.0 Å². The van der Waals surface area contributed by atoms with E-state index in [2.05, 4.69) is 14.9 Å². The Kier molecular flexibility index (Phi) is 3.18. The van der Waals surface area contributed by atoms with Crippen molar-refractivity contribution in [2.75, 3.05) is 0 Å². The molecule has 23 heavy (non-hydrogen) atoms.